The predicted molar refractivity (Wildman–Crippen MR) is 27.5 cm³/mol. The first-order chi connectivity index (χ1) is 2.00. The molecule has 11 heavy (non-hydrogen) atoms. The molecule has 0 aromatic heterocycles. The molecule has 11 heteroatoms. The SMILES string of the molecule is O.O.O.O.O.O.[O]=[W](=[O])([OH])[OH]. The molecule has 0 aliphatic rings. The summed E-state index contributed by atoms with van der Waals surface area (Å²) in [5.74, 6) is 0. The Labute approximate surface area is 64.7 Å². The fraction of sp³-hybridized carbons (Fsp3) is 0. The van der Waals surface area contributed by atoms with E-state index in [1.807, 2.05) is 0 Å². The van der Waals surface area contributed by atoms with Gasteiger partial charge in [0.2, 0.25) is 0 Å². The standard InChI is InChI=1S/8H2O.2O.W/h8*1H2;;;/q;;;;;;;;;;+2/p-2. The zero-order chi connectivity index (χ0) is 4.50. The Bertz CT molecular complexity index is 88.0. The molecule has 0 bridgehead atoms. The zero-order valence-electron chi connectivity index (χ0n) is 5.12. The van der Waals surface area contributed by atoms with Gasteiger partial charge in [-0.2, -0.15) is 0 Å². The van der Waals surface area contributed by atoms with Crippen LogP contribution < -0.4 is 0 Å². The van der Waals surface area contributed by atoms with E-state index in [9.17, 15) is 0 Å². The van der Waals surface area contributed by atoms with Crippen molar-refractivity contribution in [3.8, 4) is 0 Å². The van der Waals surface area contributed by atoms with Gasteiger partial charge in [-0.25, -0.2) is 0 Å². The zero-order valence-corrected chi connectivity index (χ0v) is 8.05. The third-order valence-electron chi connectivity index (χ3n) is 0. The molecular formula is H14O10W. The molecular weight excluding hydrogens is 344 g/mol. The number of rotatable bonds is 0. The summed E-state index contributed by atoms with van der Waals surface area (Å²) in [6, 6.07) is 0. The molecule has 0 fully saturated rings. The molecule has 0 aromatic rings. The maximum absolute atomic E-state index is 8.87. The Morgan fingerprint density at radius 2 is 0.636 bits per heavy atom. The first-order valence-corrected chi connectivity index (χ1v) is 5.72. The van der Waals surface area contributed by atoms with Crippen LogP contribution in [0.2, 0.25) is 0 Å². The van der Waals surface area contributed by atoms with E-state index in [0.717, 1.165) is 0 Å². The van der Waals surface area contributed by atoms with Crippen molar-refractivity contribution in [2.45, 2.75) is 0 Å². The minimum atomic E-state index is -5.67. The van der Waals surface area contributed by atoms with Crippen LogP contribution in [0.1, 0.15) is 0 Å². The van der Waals surface area contributed by atoms with Gasteiger partial charge in [-0.15, -0.1) is 0 Å². The van der Waals surface area contributed by atoms with Crippen molar-refractivity contribution >= 4 is 0 Å². The quantitative estimate of drug-likeness (QED) is 0.427. The van der Waals surface area contributed by atoms with Gasteiger partial charge in [-0.05, 0) is 0 Å². The van der Waals surface area contributed by atoms with Gasteiger partial charge in [-0.1, -0.05) is 0 Å². The molecule has 0 aliphatic carbocycles. The van der Waals surface area contributed by atoms with Crippen LogP contribution in [0.5, 0.6) is 0 Å². The third-order valence-corrected chi connectivity index (χ3v) is 0. The fourth-order valence-electron chi connectivity index (χ4n) is 0. The molecule has 0 spiro atoms. The fourth-order valence-corrected chi connectivity index (χ4v) is 0. The Hall–Kier alpha value is -0.0317. The molecule has 0 aliphatic heterocycles. The van der Waals surface area contributed by atoms with Gasteiger partial charge < -0.3 is 32.9 Å². The number of hydrogen-bond donors (Lipinski definition) is 2. The van der Waals surface area contributed by atoms with Crippen LogP contribution in [-0.4, -0.2) is 40.4 Å². The molecule has 0 rings (SSSR count). The summed E-state index contributed by atoms with van der Waals surface area (Å²) in [5.41, 5.74) is 0. The summed E-state index contributed by atoms with van der Waals surface area (Å²) < 4.78 is 32.1. The van der Waals surface area contributed by atoms with E-state index < -0.39 is 16.7 Å². The minimum absolute atomic E-state index is 0. The van der Waals surface area contributed by atoms with Crippen molar-refractivity contribution in [1.29, 1.82) is 0 Å². The average Bonchev–Trinajstić information content (AvgIpc) is 0.722. The summed E-state index contributed by atoms with van der Waals surface area (Å²) in [6.45, 7) is 0. The molecule has 0 unspecified atom stereocenters. The Kier molecular flexibility index (Phi) is 142. The van der Waals surface area contributed by atoms with E-state index in [1.165, 1.54) is 0 Å². The van der Waals surface area contributed by atoms with Crippen molar-refractivity contribution < 1.29 is 63.9 Å². The first kappa shape index (κ1) is 69.2. The van der Waals surface area contributed by atoms with Gasteiger partial charge in [0, 0.05) is 0 Å². The van der Waals surface area contributed by atoms with Gasteiger partial charge in [0.05, 0.1) is 0 Å². The van der Waals surface area contributed by atoms with E-state index in [-0.39, 0.29) is 32.9 Å². The summed E-state index contributed by atoms with van der Waals surface area (Å²) in [5, 5.41) is 0. The normalized spacial score (nSPS) is 5.27. The second kappa shape index (κ2) is 22.5. The molecule has 0 saturated heterocycles. The van der Waals surface area contributed by atoms with Gasteiger partial charge in [0.1, 0.15) is 0 Å². The van der Waals surface area contributed by atoms with Crippen molar-refractivity contribution in [3.05, 3.63) is 0 Å². The summed E-state index contributed by atoms with van der Waals surface area (Å²) in [4.78, 5) is 0. The Balaban J connectivity index is -0.00000000533. The summed E-state index contributed by atoms with van der Waals surface area (Å²) >= 11 is -5.67. The van der Waals surface area contributed by atoms with Gasteiger partial charge in [0.25, 0.3) is 0 Å². The second-order valence-electron chi connectivity index (χ2n) is 0.448. The molecule has 14 N–H and O–H groups in total. The van der Waals surface area contributed by atoms with Crippen LogP contribution in [0.4, 0.5) is 0 Å². The van der Waals surface area contributed by atoms with Gasteiger partial charge in [0.15, 0.2) is 0 Å². The van der Waals surface area contributed by atoms with E-state index in [1.54, 1.807) is 0 Å². The van der Waals surface area contributed by atoms with Crippen LogP contribution in [0, 0.1) is 0 Å². The van der Waals surface area contributed by atoms with Crippen LogP contribution >= 0.6 is 0 Å². The monoisotopic (exact) mass is 358 g/mol. The topological polar surface area (TPSA) is 264 Å². The van der Waals surface area contributed by atoms with Crippen molar-refractivity contribution in [2.24, 2.45) is 0 Å². The molecule has 0 amide bonds. The summed E-state index contributed by atoms with van der Waals surface area (Å²) in [6.07, 6.45) is 0. The second-order valence-corrected chi connectivity index (χ2v) is 3.67. The van der Waals surface area contributed by atoms with E-state index in [2.05, 4.69) is 0 Å². The first-order valence-electron chi connectivity index (χ1n) is 0.698. The number of hydrogen-bond acceptors (Lipinski definition) is 2. The Morgan fingerprint density at radius 1 is 0.636 bits per heavy atom. The van der Waals surface area contributed by atoms with Crippen molar-refractivity contribution in [2.75, 3.05) is 0 Å². The average molecular weight is 358 g/mol. The van der Waals surface area contributed by atoms with Crippen LogP contribution in [0.3, 0.4) is 0 Å². The van der Waals surface area contributed by atoms with Crippen LogP contribution in [0.25, 0.3) is 0 Å². The molecule has 10 nitrogen and oxygen atoms in total. The summed E-state index contributed by atoms with van der Waals surface area (Å²) in [7, 11) is 0. The van der Waals surface area contributed by atoms with E-state index >= 15 is 0 Å². The van der Waals surface area contributed by atoms with Gasteiger partial charge in [-0.3, -0.25) is 0 Å². The van der Waals surface area contributed by atoms with Gasteiger partial charge >= 0.3 is 31.1 Å². The predicted octanol–water partition coefficient (Wildman–Crippen LogP) is -6.30. The third kappa shape index (κ3) is 630000. The van der Waals surface area contributed by atoms with Crippen LogP contribution in [0.15, 0.2) is 0 Å². The molecule has 80 valence electrons. The molecule has 0 saturated carbocycles. The molecule has 0 atom stereocenters. The molecule has 0 aromatic carbocycles. The maximum atomic E-state index is 8.87. The van der Waals surface area contributed by atoms with Crippen molar-refractivity contribution in [3.63, 3.8) is 0 Å². The van der Waals surface area contributed by atoms with Crippen LogP contribution in [-0.2, 0) is 23.5 Å². The molecule has 0 heterocycles. The van der Waals surface area contributed by atoms with E-state index in [0.29, 0.717) is 0 Å². The molecule has 0 radical (unpaired) electrons. The van der Waals surface area contributed by atoms with E-state index in [4.69, 9.17) is 14.3 Å². The Morgan fingerprint density at radius 3 is 0.636 bits per heavy atom. The van der Waals surface area contributed by atoms with Crippen molar-refractivity contribution in [1.82, 2.24) is 0 Å².